The zero-order valence-electron chi connectivity index (χ0n) is 11.8. The van der Waals surface area contributed by atoms with Crippen molar-refractivity contribution in [2.75, 3.05) is 5.32 Å². The van der Waals surface area contributed by atoms with Crippen LogP contribution in [0.15, 0.2) is 12.1 Å². The highest BCUT2D eigenvalue weighted by Crippen LogP contribution is 2.32. The Hall–Kier alpha value is -1.33. The van der Waals surface area contributed by atoms with Gasteiger partial charge in [-0.25, -0.2) is 4.39 Å². The molecule has 0 heterocycles. The first-order chi connectivity index (χ1) is 9.57. The molecule has 4 nitrogen and oxygen atoms in total. The SMILES string of the molecule is CC(C)C(C)(CC(=O)Nc1cc(Cl)c(F)c(Cl)c1)C(=O)O. The molecule has 0 bridgehead atoms. The maximum atomic E-state index is 13.3. The standard InChI is InChI=1S/C14H16Cl2FNO3/c1-7(2)14(3,13(20)21)6-11(19)18-8-4-9(15)12(17)10(16)5-8/h4-5,7H,6H2,1-3H3,(H,18,19)(H,20,21). The van der Waals surface area contributed by atoms with Crippen LogP contribution >= 0.6 is 23.2 Å². The summed E-state index contributed by atoms with van der Waals surface area (Å²) >= 11 is 11.3. The molecule has 0 aliphatic carbocycles. The maximum Gasteiger partial charge on any atom is 0.310 e. The normalized spacial score (nSPS) is 13.9. The van der Waals surface area contributed by atoms with E-state index in [9.17, 15) is 19.1 Å². The van der Waals surface area contributed by atoms with Gasteiger partial charge in [-0.05, 0) is 25.0 Å². The first-order valence-corrected chi connectivity index (χ1v) is 7.01. The van der Waals surface area contributed by atoms with E-state index in [1.807, 2.05) is 0 Å². The minimum atomic E-state index is -1.20. The summed E-state index contributed by atoms with van der Waals surface area (Å²) in [5, 5.41) is 11.3. The summed E-state index contributed by atoms with van der Waals surface area (Å²) in [6.07, 6.45) is -0.216. The molecule has 1 atom stereocenters. The molecule has 7 heteroatoms. The summed E-state index contributed by atoms with van der Waals surface area (Å²) in [4.78, 5) is 23.3. The molecular weight excluding hydrogens is 320 g/mol. The summed E-state index contributed by atoms with van der Waals surface area (Å²) in [5.74, 6) is -2.56. The fourth-order valence-electron chi connectivity index (χ4n) is 1.69. The van der Waals surface area contributed by atoms with Crippen molar-refractivity contribution in [2.45, 2.75) is 27.2 Å². The lowest BCUT2D eigenvalue weighted by molar-refractivity contribution is -0.153. The maximum absolute atomic E-state index is 13.3. The summed E-state index contributed by atoms with van der Waals surface area (Å²) < 4.78 is 13.3. The largest absolute Gasteiger partial charge is 0.481 e. The van der Waals surface area contributed by atoms with Crippen LogP contribution in [0.2, 0.25) is 10.0 Å². The number of benzene rings is 1. The van der Waals surface area contributed by atoms with Crippen molar-refractivity contribution in [1.29, 1.82) is 0 Å². The second kappa shape index (κ2) is 6.62. The van der Waals surface area contributed by atoms with E-state index in [1.165, 1.54) is 19.1 Å². The molecule has 2 N–H and O–H groups in total. The van der Waals surface area contributed by atoms with Gasteiger partial charge in [0, 0.05) is 12.1 Å². The molecule has 116 valence electrons. The van der Waals surface area contributed by atoms with Gasteiger partial charge in [-0.1, -0.05) is 37.0 Å². The monoisotopic (exact) mass is 335 g/mol. The van der Waals surface area contributed by atoms with E-state index in [4.69, 9.17) is 23.2 Å². The number of hydrogen-bond donors (Lipinski definition) is 2. The van der Waals surface area contributed by atoms with E-state index in [2.05, 4.69) is 5.32 Å². The number of carboxylic acid groups (broad SMARTS) is 1. The van der Waals surface area contributed by atoms with Gasteiger partial charge >= 0.3 is 5.97 Å². The summed E-state index contributed by atoms with van der Waals surface area (Å²) in [6, 6.07) is 2.43. The van der Waals surface area contributed by atoms with Crippen LogP contribution < -0.4 is 5.32 Å². The van der Waals surface area contributed by atoms with E-state index in [-0.39, 0.29) is 28.1 Å². The zero-order valence-corrected chi connectivity index (χ0v) is 13.3. The van der Waals surface area contributed by atoms with Gasteiger partial charge < -0.3 is 10.4 Å². The van der Waals surface area contributed by atoms with Gasteiger partial charge in [-0.3, -0.25) is 9.59 Å². The van der Waals surface area contributed by atoms with Crippen molar-refractivity contribution < 1.29 is 19.1 Å². The third kappa shape index (κ3) is 4.08. The van der Waals surface area contributed by atoms with Crippen LogP contribution in [-0.2, 0) is 9.59 Å². The molecule has 1 aromatic carbocycles. The predicted octanol–water partition coefficient (Wildman–Crippen LogP) is 4.21. The molecule has 0 fully saturated rings. The van der Waals surface area contributed by atoms with Gasteiger partial charge in [0.1, 0.15) is 0 Å². The minimum absolute atomic E-state index is 0.216. The number of amides is 1. The lowest BCUT2D eigenvalue weighted by Gasteiger charge is -2.28. The molecule has 0 saturated heterocycles. The molecule has 1 aromatic rings. The van der Waals surface area contributed by atoms with Crippen LogP contribution in [0.4, 0.5) is 10.1 Å². The number of aliphatic carboxylic acids is 1. The average molecular weight is 336 g/mol. The molecule has 0 radical (unpaired) electrons. The molecule has 0 aromatic heterocycles. The Labute approximate surface area is 132 Å². The highest BCUT2D eigenvalue weighted by Gasteiger charge is 2.38. The number of halogens is 3. The second-order valence-electron chi connectivity index (χ2n) is 5.36. The van der Waals surface area contributed by atoms with Gasteiger partial charge in [0.05, 0.1) is 15.5 Å². The van der Waals surface area contributed by atoms with E-state index < -0.39 is 23.1 Å². The molecule has 21 heavy (non-hydrogen) atoms. The van der Waals surface area contributed by atoms with Crippen LogP contribution in [0.1, 0.15) is 27.2 Å². The lowest BCUT2D eigenvalue weighted by atomic mass is 9.76. The average Bonchev–Trinajstić information content (AvgIpc) is 2.34. The van der Waals surface area contributed by atoms with Gasteiger partial charge in [0.2, 0.25) is 5.91 Å². The van der Waals surface area contributed by atoms with Gasteiger partial charge in [-0.2, -0.15) is 0 Å². The molecule has 1 rings (SSSR count). The smallest absolute Gasteiger partial charge is 0.310 e. The van der Waals surface area contributed by atoms with Crippen molar-refractivity contribution in [1.82, 2.24) is 0 Å². The van der Waals surface area contributed by atoms with E-state index in [0.717, 1.165) is 0 Å². The molecular formula is C14H16Cl2FNO3. The molecule has 0 saturated carbocycles. The van der Waals surface area contributed by atoms with Crippen molar-refractivity contribution in [3.05, 3.63) is 28.0 Å². The Morgan fingerprint density at radius 3 is 2.19 bits per heavy atom. The fraction of sp³-hybridized carbons (Fsp3) is 0.429. The Balaban J connectivity index is 2.90. The van der Waals surface area contributed by atoms with E-state index >= 15 is 0 Å². The second-order valence-corrected chi connectivity index (χ2v) is 6.17. The summed E-state index contributed by atoms with van der Waals surface area (Å²) in [5.41, 5.74) is -0.981. The fourth-order valence-corrected chi connectivity index (χ4v) is 2.18. The number of hydrogen-bond acceptors (Lipinski definition) is 2. The predicted molar refractivity (Wildman–Crippen MR) is 80.2 cm³/mol. The van der Waals surface area contributed by atoms with Crippen molar-refractivity contribution in [2.24, 2.45) is 11.3 Å². The molecule has 0 aliphatic heterocycles. The van der Waals surface area contributed by atoms with Gasteiger partial charge in [0.25, 0.3) is 0 Å². The Kier molecular flexibility index (Phi) is 5.59. The minimum Gasteiger partial charge on any atom is -0.481 e. The first-order valence-electron chi connectivity index (χ1n) is 6.25. The number of nitrogens with one attached hydrogen (secondary N) is 1. The Morgan fingerprint density at radius 2 is 1.81 bits per heavy atom. The number of carbonyl (C=O) groups excluding carboxylic acids is 1. The Bertz CT molecular complexity index is 554. The number of anilines is 1. The number of rotatable bonds is 5. The van der Waals surface area contributed by atoms with Crippen molar-refractivity contribution >= 4 is 40.8 Å². The van der Waals surface area contributed by atoms with Crippen molar-refractivity contribution in [3.8, 4) is 0 Å². The van der Waals surface area contributed by atoms with E-state index in [0.29, 0.717) is 0 Å². The zero-order chi connectivity index (χ0) is 16.4. The van der Waals surface area contributed by atoms with Crippen LogP contribution in [0.3, 0.4) is 0 Å². The van der Waals surface area contributed by atoms with Crippen LogP contribution in [0.25, 0.3) is 0 Å². The quantitative estimate of drug-likeness (QED) is 0.792. The van der Waals surface area contributed by atoms with Crippen molar-refractivity contribution in [3.63, 3.8) is 0 Å². The van der Waals surface area contributed by atoms with Gasteiger partial charge in [0.15, 0.2) is 5.82 Å². The van der Waals surface area contributed by atoms with Crippen LogP contribution in [0, 0.1) is 17.2 Å². The molecule has 1 amide bonds. The third-order valence-corrected chi connectivity index (χ3v) is 4.11. The number of carboxylic acids is 1. The summed E-state index contributed by atoms with van der Waals surface area (Å²) in [6.45, 7) is 4.96. The molecule has 0 aliphatic rings. The van der Waals surface area contributed by atoms with Crippen LogP contribution in [0.5, 0.6) is 0 Å². The van der Waals surface area contributed by atoms with Gasteiger partial charge in [-0.15, -0.1) is 0 Å². The molecule has 1 unspecified atom stereocenters. The highest BCUT2D eigenvalue weighted by molar-refractivity contribution is 6.35. The number of carbonyl (C=O) groups is 2. The molecule has 0 spiro atoms. The summed E-state index contributed by atoms with van der Waals surface area (Å²) in [7, 11) is 0. The van der Waals surface area contributed by atoms with E-state index in [1.54, 1.807) is 13.8 Å². The lowest BCUT2D eigenvalue weighted by Crippen LogP contribution is -2.37. The first kappa shape index (κ1) is 17.7. The highest BCUT2D eigenvalue weighted by atomic mass is 35.5. The third-order valence-electron chi connectivity index (χ3n) is 3.56. The topological polar surface area (TPSA) is 66.4 Å². The van der Waals surface area contributed by atoms with Crippen LogP contribution in [-0.4, -0.2) is 17.0 Å². The Morgan fingerprint density at radius 1 is 1.33 bits per heavy atom.